The predicted molar refractivity (Wildman–Crippen MR) is 90.1 cm³/mol. The molecule has 1 rings (SSSR count). The van der Waals surface area contributed by atoms with Crippen LogP contribution in [0.15, 0.2) is 23.1 Å². The largest absolute Gasteiger partial charge is 0.495 e. The van der Waals surface area contributed by atoms with Gasteiger partial charge >= 0.3 is 0 Å². The monoisotopic (exact) mass is 342 g/mol. The standard InChI is InChI=1S/C16H26N2O4S/c1-12-7-8-14(22-6)15(11-12)23(20,21)17-9-10-18(13(2)19)16(3,4)5/h7-8,11,17H,9-10H2,1-6H3. The Kier molecular flexibility index (Phi) is 6.18. The van der Waals surface area contributed by atoms with Gasteiger partial charge in [-0.1, -0.05) is 6.07 Å². The van der Waals surface area contributed by atoms with Crippen LogP contribution in [0.2, 0.25) is 0 Å². The van der Waals surface area contributed by atoms with Gasteiger partial charge in [0.15, 0.2) is 0 Å². The molecule has 1 aromatic carbocycles. The van der Waals surface area contributed by atoms with Crippen molar-refractivity contribution in [2.24, 2.45) is 0 Å². The van der Waals surface area contributed by atoms with Crippen LogP contribution in [0.5, 0.6) is 5.75 Å². The molecule has 1 aromatic rings. The maximum absolute atomic E-state index is 12.5. The van der Waals surface area contributed by atoms with Crippen LogP contribution in [-0.2, 0) is 14.8 Å². The van der Waals surface area contributed by atoms with E-state index in [0.717, 1.165) is 5.56 Å². The molecule has 0 aromatic heterocycles. The van der Waals surface area contributed by atoms with Gasteiger partial charge in [-0.15, -0.1) is 0 Å². The number of ether oxygens (including phenoxy) is 1. The molecule has 0 saturated heterocycles. The summed E-state index contributed by atoms with van der Waals surface area (Å²) in [6, 6.07) is 4.98. The van der Waals surface area contributed by atoms with Crippen LogP contribution in [0, 0.1) is 6.92 Å². The van der Waals surface area contributed by atoms with E-state index in [-0.39, 0.29) is 22.9 Å². The molecule has 0 atom stereocenters. The zero-order valence-electron chi connectivity index (χ0n) is 14.6. The Morgan fingerprint density at radius 1 is 1.30 bits per heavy atom. The lowest BCUT2D eigenvalue weighted by Gasteiger charge is -2.35. The van der Waals surface area contributed by atoms with Crippen LogP contribution in [0.25, 0.3) is 0 Å². The number of benzene rings is 1. The molecule has 0 unspecified atom stereocenters. The topological polar surface area (TPSA) is 75.7 Å². The first-order valence-electron chi connectivity index (χ1n) is 7.41. The fourth-order valence-electron chi connectivity index (χ4n) is 2.33. The number of rotatable bonds is 6. The summed E-state index contributed by atoms with van der Waals surface area (Å²) in [6.45, 7) is 9.45. The smallest absolute Gasteiger partial charge is 0.244 e. The lowest BCUT2D eigenvalue weighted by molar-refractivity contribution is -0.133. The highest BCUT2D eigenvalue weighted by Gasteiger charge is 2.25. The number of hydrogen-bond acceptors (Lipinski definition) is 4. The zero-order valence-corrected chi connectivity index (χ0v) is 15.5. The highest BCUT2D eigenvalue weighted by atomic mass is 32.2. The maximum atomic E-state index is 12.5. The second-order valence-electron chi connectivity index (χ2n) is 6.39. The molecule has 1 amide bonds. The molecule has 0 aliphatic rings. The fraction of sp³-hybridized carbons (Fsp3) is 0.562. The summed E-state index contributed by atoms with van der Waals surface area (Å²) in [5.74, 6) is 0.201. The van der Waals surface area contributed by atoms with E-state index in [0.29, 0.717) is 12.3 Å². The van der Waals surface area contributed by atoms with Crippen molar-refractivity contribution in [1.82, 2.24) is 9.62 Å². The van der Waals surface area contributed by atoms with E-state index < -0.39 is 10.0 Å². The van der Waals surface area contributed by atoms with Gasteiger partial charge in [0, 0.05) is 25.6 Å². The first-order valence-corrected chi connectivity index (χ1v) is 8.90. The van der Waals surface area contributed by atoms with Crippen molar-refractivity contribution < 1.29 is 17.9 Å². The first kappa shape index (κ1) is 19.4. The highest BCUT2D eigenvalue weighted by Crippen LogP contribution is 2.24. The Morgan fingerprint density at radius 3 is 2.39 bits per heavy atom. The summed E-state index contributed by atoms with van der Waals surface area (Å²) in [6.07, 6.45) is 0. The van der Waals surface area contributed by atoms with Gasteiger partial charge in [-0.25, -0.2) is 13.1 Å². The van der Waals surface area contributed by atoms with Gasteiger partial charge in [0.1, 0.15) is 10.6 Å². The van der Waals surface area contributed by atoms with Gasteiger partial charge in [0.25, 0.3) is 0 Å². The van der Waals surface area contributed by atoms with Gasteiger partial charge in [-0.2, -0.15) is 0 Å². The van der Waals surface area contributed by atoms with Crippen molar-refractivity contribution in [3.05, 3.63) is 23.8 Å². The molecule has 1 N–H and O–H groups in total. The Bertz CT molecular complexity index is 663. The van der Waals surface area contributed by atoms with E-state index in [1.165, 1.54) is 14.0 Å². The Balaban J connectivity index is 2.88. The predicted octanol–water partition coefficient (Wildman–Crippen LogP) is 1.93. The molecule has 0 heterocycles. The van der Waals surface area contributed by atoms with Gasteiger partial charge < -0.3 is 9.64 Å². The highest BCUT2D eigenvalue weighted by molar-refractivity contribution is 7.89. The molecule has 0 bridgehead atoms. The SMILES string of the molecule is COc1ccc(C)cc1S(=O)(=O)NCCN(C(C)=O)C(C)(C)C. The summed E-state index contributed by atoms with van der Waals surface area (Å²) in [7, 11) is -2.27. The Labute approximate surface area is 138 Å². The van der Waals surface area contributed by atoms with E-state index in [2.05, 4.69) is 4.72 Å². The van der Waals surface area contributed by atoms with Gasteiger partial charge in [-0.3, -0.25) is 4.79 Å². The third kappa shape index (κ3) is 5.21. The maximum Gasteiger partial charge on any atom is 0.244 e. The molecule has 0 fully saturated rings. The summed E-state index contributed by atoms with van der Waals surface area (Å²) < 4.78 is 32.6. The molecule has 0 aliphatic carbocycles. The number of carbonyl (C=O) groups excluding carboxylic acids is 1. The number of aryl methyl sites for hydroxylation is 1. The van der Waals surface area contributed by atoms with Crippen molar-refractivity contribution in [3.8, 4) is 5.75 Å². The molecule has 0 aliphatic heterocycles. The molecule has 130 valence electrons. The molecule has 7 heteroatoms. The summed E-state index contributed by atoms with van der Waals surface area (Å²) in [4.78, 5) is 13.4. The number of methoxy groups -OCH3 is 1. The lowest BCUT2D eigenvalue weighted by Crippen LogP contribution is -2.48. The summed E-state index contributed by atoms with van der Waals surface area (Å²) in [5.41, 5.74) is 0.462. The van der Waals surface area contributed by atoms with Crippen LogP contribution in [-0.4, -0.2) is 45.0 Å². The minimum Gasteiger partial charge on any atom is -0.495 e. The van der Waals surface area contributed by atoms with E-state index >= 15 is 0 Å². The molecular formula is C16H26N2O4S. The van der Waals surface area contributed by atoms with Crippen LogP contribution in [0.1, 0.15) is 33.3 Å². The number of hydrogen-bond donors (Lipinski definition) is 1. The van der Waals surface area contributed by atoms with E-state index in [4.69, 9.17) is 4.74 Å². The van der Waals surface area contributed by atoms with Crippen LogP contribution in [0.3, 0.4) is 0 Å². The molecule has 0 saturated carbocycles. The van der Waals surface area contributed by atoms with Gasteiger partial charge in [-0.05, 0) is 45.4 Å². The number of nitrogens with one attached hydrogen (secondary N) is 1. The third-order valence-corrected chi connectivity index (χ3v) is 4.91. The van der Waals surface area contributed by atoms with E-state index in [9.17, 15) is 13.2 Å². The average Bonchev–Trinajstić information content (AvgIpc) is 2.41. The molecule has 23 heavy (non-hydrogen) atoms. The zero-order chi connectivity index (χ0) is 17.8. The molecule has 0 spiro atoms. The van der Waals surface area contributed by atoms with Crippen LogP contribution >= 0.6 is 0 Å². The summed E-state index contributed by atoms with van der Waals surface area (Å²) >= 11 is 0. The first-order chi connectivity index (χ1) is 10.5. The average molecular weight is 342 g/mol. The van der Waals surface area contributed by atoms with Crippen molar-refractivity contribution in [2.45, 2.75) is 45.1 Å². The number of carbonyl (C=O) groups is 1. The number of amides is 1. The Hall–Kier alpha value is -1.60. The second-order valence-corrected chi connectivity index (χ2v) is 8.13. The second kappa shape index (κ2) is 7.31. The summed E-state index contributed by atoms with van der Waals surface area (Å²) in [5, 5.41) is 0. The lowest BCUT2D eigenvalue weighted by atomic mass is 10.1. The molecule has 6 nitrogen and oxygen atoms in total. The fourth-order valence-corrected chi connectivity index (χ4v) is 3.60. The number of sulfonamides is 1. The van der Waals surface area contributed by atoms with Gasteiger partial charge in [0.2, 0.25) is 15.9 Å². The van der Waals surface area contributed by atoms with Crippen LogP contribution in [0.4, 0.5) is 0 Å². The molecular weight excluding hydrogens is 316 g/mol. The van der Waals surface area contributed by atoms with Crippen molar-refractivity contribution in [1.29, 1.82) is 0 Å². The minimum atomic E-state index is -3.71. The molecule has 0 radical (unpaired) electrons. The quantitative estimate of drug-likeness (QED) is 0.857. The van der Waals surface area contributed by atoms with Crippen molar-refractivity contribution in [3.63, 3.8) is 0 Å². The third-order valence-electron chi connectivity index (χ3n) is 3.43. The normalized spacial score (nSPS) is 12.1. The van der Waals surface area contributed by atoms with E-state index in [1.807, 2.05) is 27.7 Å². The minimum absolute atomic E-state index is 0.0927. The van der Waals surface area contributed by atoms with Crippen molar-refractivity contribution >= 4 is 15.9 Å². The van der Waals surface area contributed by atoms with Crippen LogP contribution < -0.4 is 9.46 Å². The van der Waals surface area contributed by atoms with Crippen molar-refractivity contribution in [2.75, 3.05) is 20.2 Å². The number of nitrogens with zero attached hydrogens (tertiary/aromatic N) is 1. The van der Waals surface area contributed by atoms with E-state index in [1.54, 1.807) is 23.1 Å². The van der Waals surface area contributed by atoms with Gasteiger partial charge in [0.05, 0.1) is 7.11 Å². The Morgan fingerprint density at radius 2 is 1.91 bits per heavy atom.